The number of benzene rings is 3. The summed E-state index contributed by atoms with van der Waals surface area (Å²) in [6.07, 6.45) is 1.42. The number of ether oxygens (including phenoxy) is 2. The number of rotatable bonds is 6. The zero-order valence-corrected chi connectivity index (χ0v) is 20.6. The molecule has 0 fully saturated rings. The highest BCUT2D eigenvalue weighted by Crippen LogP contribution is 2.37. The maximum absolute atomic E-state index is 12.7. The second-order valence-electron chi connectivity index (χ2n) is 6.87. The Morgan fingerprint density at radius 2 is 1.76 bits per heavy atom. The number of hydrogen-bond donors (Lipinski definition) is 1. The van der Waals surface area contributed by atoms with Crippen molar-refractivity contribution in [3.63, 3.8) is 0 Å². The van der Waals surface area contributed by atoms with Gasteiger partial charge < -0.3 is 9.47 Å². The van der Waals surface area contributed by atoms with E-state index in [2.05, 4.69) is 10.5 Å². The summed E-state index contributed by atoms with van der Waals surface area (Å²) in [7, 11) is 1.45. The van der Waals surface area contributed by atoms with E-state index in [0.717, 1.165) is 10.1 Å². The Balaban J connectivity index is 1.46. The minimum Gasteiger partial charge on any atom is -0.493 e. The molecular formula is C24H15Cl3N2O4S. The van der Waals surface area contributed by atoms with Gasteiger partial charge in [-0.05, 0) is 48.0 Å². The molecule has 4 rings (SSSR count). The lowest BCUT2D eigenvalue weighted by molar-refractivity contribution is 0.0734. The van der Waals surface area contributed by atoms with Crippen LogP contribution in [0.2, 0.25) is 15.1 Å². The van der Waals surface area contributed by atoms with E-state index in [1.54, 1.807) is 18.2 Å². The van der Waals surface area contributed by atoms with Gasteiger partial charge in [0.1, 0.15) is 4.88 Å². The van der Waals surface area contributed by atoms with E-state index in [1.807, 2.05) is 24.3 Å². The monoisotopic (exact) mass is 532 g/mol. The lowest BCUT2D eigenvalue weighted by Gasteiger charge is -2.09. The molecule has 1 N–H and O–H groups in total. The summed E-state index contributed by atoms with van der Waals surface area (Å²) in [5.74, 6) is -0.504. The molecule has 0 atom stereocenters. The van der Waals surface area contributed by atoms with Gasteiger partial charge in [-0.25, -0.2) is 10.2 Å². The average molecular weight is 534 g/mol. The molecule has 0 radical (unpaired) electrons. The summed E-state index contributed by atoms with van der Waals surface area (Å²) in [6, 6.07) is 16.8. The minimum atomic E-state index is -0.584. The molecule has 0 saturated carbocycles. The summed E-state index contributed by atoms with van der Waals surface area (Å²) in [5, 5.41) is 5.71. The zero-order chi connectivity index (χ0) is 24.2. The van der Waals surface area contributed by atoms with Crippen LogP contribution in [0.5, 0.6) is 11.5 Å². The first-order valence-electron chi connectivity index (χ1n) is 9.73. The van der Waals surface area contributed by atoms with E-state index in [-0.39, 0.29) is 10.8 Å². The standard InChI is InChI=1S/C24H15Cl3N2O4S/c1-32-19-10-13(12-28-29-23(30)14-7-8-16(25)17(26)11-14)6-9-18(19)33-24(31)22-21(27)15-4-2-3-5-20(15)34-22/h2-12H,1H3,(H,29,30)/b28-12+. The number of carbonyl (C=O) groups excluding carboxylic acids is 2. The Kier molecular flexibility index (Phi) is 7.38. The fourth-order valence-corrected chi connectivity index (χ4v) is 4.69. The number of amides is 1. The van der Waals surface area contributed by atoms with E-state index in [0.29, 0.717) is 31.8 Å². The Morgan fingerprint density at radius 1 is 0.971 bits per heavy atom. The molecule has 1 aromatic heterocycles. The number of halogens is 3. The number of thiophene rings is 1. The molecule has 0 aliphatic carbocycles. The quantitative estimate of drug-likeness (QED) is 0.127. The van der Waals surface area contributed by atoms with Crippen molar-refractivity contribution >= 4 is 74.3 Å². The molecule has 6 nitrogen and oxygen atoms in total. The van der Waals surface area contributed by atoms with Crippen molar-refractivity contribution in [3.8, 4) is 11.5 Å². The highest BCUT2D eigenvalue weighted by atomic mass is 35.5. The van der Waals surface area contributed by atoms with Gasteiger partial charge in [-0.15, -0.1) is 11.3 Å². The number of hydrogen-bond acceptors (Lipinski definition) is 6. The Bertz CT molecular complexity index is 1440. The SMILES string of the molecule is COc1cc(/C=N/NC(=O)c2ccc(Cl)c(Cl)c2)ccc1OC(=O)c1sc2ccccc2c1Cl. The summed E-state index contributed by atoms with van der Waals surface area (Å²) in [5.41, 5.74) is 3.32. The highest BCUT2D eigenvalue weighted by Gasteiger charge is 2.20. The molecule has 1 amide bonds. The normalized spacial score (nSPS) is 11.1. The van der Waals surface area contributed by atoms with E-state index < -0.39 is 11.9 Å². The molecule has 0 aliphatic rings. The van der Waals surface area contributed by atoms with Crippen LogP contribution in [0.25, 0.3) is 10.1 Å². The number of methoxy groups -OCH3 is 1. The molecule has 10 heteroatoms. The van der Waals surface area contributed by atoms with Crippen molar-refractivity contribution in [2.75, 3.05) is 7.11 Å². The Morgan fingerprint density at radius 3 is 2.50 bits per heavy atom. The molecule has 0 bridgehead atoms. The van der Waals surface area contributed by atoms with Crippen LogP contribution in [-0.2, 0) is 0 Å². The molecule has 3 aromatic carbocycles. The first kappa shape index (κ1) is 24.0. The smallest absolute Gasteiger partial charge is 0.355 e. The third-order valence-electron chi connectivity index (χ3n) is 4.67. The second kappa shape index (κ2) is 10.4. The summed E-state index contributed by atoms with van der Waals surface area (Å²) in [4.78, 5) is 25.3. The first-order valence-corrected chi connectivity index (χ1v) is 11.7. The highest BCUT2D eigenvalue weighted by molar-refractivity contribution is 7.21. The van der Waals surface area contributed by atoms with Gasteiger partial charge in [-0.2, -0.15) is 5.10 Å². The van der Waals surface area contributed by atoms with Gasteiger partial charge >= 0.3 is 5.97 Å². The number of hydrazone groups is 1. The van der Waals surface area contributed by atoms with Crippen LogP contribution in [-0.4, -0.2) is 25.2 Å². The van der Waals surface area contributed by atoms with Crippen LogP contribution in [0.1, 0.15) is 25.6 Å². The van der Waals surface area contributed by atoms with Crippen molar-refractivity contribution < 1.29 is 19.1 Å². The third-order valence-corrected chi connectivity index (χ3v) is 7.07. The maximum atomic E-state index is 12.7. The molecule has 0 unspecified atom stereocenters. The van der Waals surface area contributed by atoms with Crippen LogP contribution in [0, 0.1) is 0 Å². The van der Waals surface area contributed by atoms with E-state index in [1.165, 1.54) is 42.9 Å². The molecule has 0 aliphatic heterocycles. The summed E-state index contributed by atoms with van der Waals surface area (Å²) >= 11 is 19.4. The largest absolute Gasteiger partial charge is 0.493 e. The lowest BCUT2D eigenvalue weighted by Crippen LogP contribution is -2.17. The van der Waals surface area contributed by atoms with Crippen LogP contribution in [0.3, 0.4) is 0 Å². The van der Waals surface area contributed by atoms with Crippen LogP contribution in [0.4, 0.5) is 0 Å². The van der Waals surface area contributed by atoms with Gasteiger partial charge in [0.25, 0.3) is 5.91 Å². The number of nitrogens with zero attached hydrogens (tertiary/aromatic N) is 1. The molecule has 172 valence electrons. The van der Waals surface area contributed by atoms with Crippen molar-refractivity contribution in [2.24, 2.45) is 5.10 Å². The van der Waals surface area contributed by atoms with Crippen LogP contribution in [0.15, 0.2) is 65.8 Å². The Hall–Kier alpha value is -3.10. The van der Waals surface area contributed by atoms with Crippen molar-refractivity contribution in [1.82, 2.24) is 5.43 Å². The van der Waals surface area contributed by atoms with Crippen LogP contribution >= 0.6 is 46.1 Å². The summed E-state index contributed by atoms with van der Waals surface area (Å²) in [6.45, 7) is 0. The van der Waals surface area contributed by atoms with E-state index in [4.69, 9.17) is 44.3 Å². The van der Waals surface area contributed by atoms with Crippen molar-refractivity contribution in [3.05, 3.63) is 91.7 Å². The van der Waals surface area contributed by atoms with E-state index >= 15 is 0 Å². The molecule has 0 spiro atoms. The van der Waals surface area contributed by atoms with Gasteiger partial charge in [0.15, 0.2) is 11.5 Å². The third kappa shape index (κ3) is 5.18. The predicted octanol–water partition coefficient (Wildman–Crippen LogP) is 6.85. The zero-order valence-electron chi connectivity index (χ0n) is 17.5. The summed E-state index contributed by atoms with van der Waals surface area (Å²) < 4.78 is 11.8. The molecule has 0 saturated heterocycles. The predicted molar refractivity (Wildman–Crippen MR) is 136 cm³/mol. The molecule has 34 heavy (non-hydrogen) atoms. The van der Waals surface area contributed by atoms with Gasteiger partial charge in [0, 0.05) is 15.6 Å². The van der Waals surface area contributed by atoms with E-state index in [9.17, 15) is 9.59 Å². The molecule has 4 aromatic rings. The van der Waals surface area contributed by atoms with Crippen LogP contribution < -0.4 is 14.9 Å². The van der Waals surface area contributed by atoms with Gasteiger partial charge in [-0.3, -0.25) is 4.79 Å². The number of carbonyl (C=O) groups is 2. The van der Waals surface area contributed by atoms with Gasteiger partial charge in [-0.1, -0.05) is 53.0 Å². The first-order chi connectivity index (χ1) is 16.4. The number of esters is 1. The van der Waals surface area contributed by atoms with Crippen molar-refractivity contribution in [2.45, 2.75) is 0 Å². The van der Waals surface area contributed by atoms with Gasteiger partial charge in [0.2, 0.25) is 0 Å². The van der Waals surface area contributed by atoms with Crippen molar-refractivity contribution in [1.29, 1.82) is 0 Å². The number of fused-ring (bicyclic) bond motifs is 1. The number of nitrogens with one attached hydrogen (secondary N) is 1. The fraction of sp³-hybridized carbons (Fsp3) is 0.0417. The second-order valence-corrected chi connectivity index (χ2v) is 9.11. The maximum Gasteiger partial charge on any atom is 0.355 e. The fourth-order valence-electron chi connectivity index (χ4n) is 3.01. The molecular weight excluding hydrogens is 519 g/mol. The average Bonchev–Trinajstić information content (AvgIpc) is 3.18. The Labute approximate surface area is 213 Å². The van der Waals surface area contributed by atoms with Gasteiger partial charge in [0.05, 0.1) is 28.4 Å². The molecule has 1 heterocycles. The topological polar surface area (TPSA) is 77.0 Å². The minimum absolute atomic E-state index is 0.220. The lowest BCUT2D eigenvalue weighted by atomic mass is 10.2.